The molecular formula is C34H35ClFN3O4S. The minimum absolute atomic E-state index is 0.0157. The van der Waals surface area contributed by atoms with Gasteiger partial charge in [-0.1, -0.05) is 90.8 Å². The molecule has 0 aliphatic carbocycles. The average Bonchev–Trinajstić information content (AvgIpc) is 3.01. The lowest BCUT2D eigenvalue weighted by Crippen LogP contribution is -2.53. The molecule has 2 amide bonds. The summed E-state index contributed by atoms with van der Waals surface area (Å²) in [6.07, 6.45) is 0.806. The van der Waals surface area contributed by atoms with Gasteiger partial charge in [0.05, 0.1) is 10.6 Å². The summed E-state index contributed by atoms with van der Waals surface area (Å²) in [7, 11) is -4.26. The molecule has 7 nitrogen and oxygen atoms in total. The van der Waals surface area contributed by atoms with Gasteiger partial charge in [0.2, 0.25) is 11.8 Å². The fourth-order valence-electron chi connectivity index (χ4n) is 4.73. The third-order valence-electron chi connectivity index (χ3n) is 7.10. The van der Waals surface area contributed by atoms with Crippen LogP contribution in [0.3, 0.4) is 0 Å². The number of anilines is 1. The van der Waals surface area contributed by atoms with Crippen LogP contribution in [0.4, 0.5) is 10.1 Å². The number of benzene rings is 4. The van der Waals surface area contributed by atoms with E-state index < -0.39 is 40.2 Å². The van der Waals surface area contributed by atoms with E-state index in [2.05, 4.69) is 5.32 Å². The molecule has 1 unspecified atom stereocenters. The predicted octanol–water partition coefficient (Wildman–Crippen LogP) is 6.15. The van der Waals surface area contributed by atoms with Crippen LogP contribution in [0.1, 0.15) is 30.0 Å². The third kappa shape index (κ3) is 8.24. The van der Waals surface area contributed by atoms with Crippen LogP contribution in [0.5, 0.6) is 0 Å². The zero-order chi connectivity index (χ0) is 31.7. The van der Waals surface area contributed by atoms with E-state index in [1.807, 2.05) is 44.2 Å². The quantitative estimate of drug-likeness (QED) is 0.191. The maximum Gasteiger partial charge on any atom is 0.264 e. The van der Waals surface area contributed by atoms with E-state index in [1.54, 1.807) is 36.4 Å². The Balaban J connectivity index is 1.80. The molecular weight excluding hydrogens is 601 g/mol. The normalized spacial score (nSPS) is 11.9. The number of carbonyl (C=O) groups is 2. The van der Waals surface area contributed by atoms with Crippen LogP contribution in [-0.2, 0) is 32.6 Å². The number of rotatable bonds is 13. The summed E-state index contributed by atoms with van der Waals surface area (Å²) in [6.45, 7) is 3.22. The number of hydrogen-bond acceptors (Lipinski definition) is 4. The molecule has 44 heavy (non-hydrogen) atoms. The maximum absolute atomic E-state index is 15.0. The molecule has 0 bridgehead atoms. The van der Waals surface area contributed by atoms with E-state index in [0.29, 0.717) is 13.0 Å². The highest BCUT2D eigenvalue weighted by Gasteiger charge is 2.35. The van der Waals surface area contributed by atoms with Crippen LogP contribution < -0.4 is 9.62 Å². The van der Waals surface area contributed by atoms with Gasteiger partial charge < -0.3 is 10.2 Å². The van der Waals surface area contributed by atoms with E-state index in [-0.39, 0.29) is 34.1 Å². The van der Waals surface area contributed by atoms with Crippen molar-refractivity contribution in [1.82, 2.24) is 10.2 Å². The SMILES string of the molecule is CCCNC(=O)C(Cc1ccccc1)N(Cc1ccccc1F)C(=O)CN(c1cccc(Cl)c1)S(=O)(=O)c1ccc(C)cc1. The number of nitrogens with zero attached hydrogens (tertiary/aromatic N) is 2. The summed E-state index contributed by atoms with van der Waals surface area (Å²) in [5.41, 5.74) is 2.02. The largest absolute Gasteiger partial charge is 0.354 e. The van der Waals surface area contributed by atoms with Gasteiger partial charge in [-0.25, -0.2) is 12.8 Å². The first-order valence-corrected chi connectivity index (χ1v) is 16.1. The first-order valence-electron chi connectivity index (χ1n) is 14.3. The lowest BCUT2D eigenvalue weighted by atomic mass is 10.0. The Kier molecular flexibility index (Phi) is 11.1. The summed E-state index contributed by atoms with van der Waals surface area (Å²) < 4.78 is 44.0. The van der Waals surface area contributed by atoms with E-state index >= 15 is 0 Å². The Labute approximate surface area is 263 Å². The number of carbonyl (C=O) groups excluding carboxylic acids is 2. The smallest absolute Gasteiger partial charge is 0.264 e. The van der Waals surface area contributed by atoms with Crippen molar-refractivity contribution < 1.29 is 22.4 Å². The fourth-order valence-corrected chi connectivity index (χ4v) is 6.32. The first kappa shape index (κ1) is 32.7. The molecule has 0 aliphatic heterocycles. The van der Waals surface area contributed by atoms with Crippen LogP contribution in [0.25, 0.3) is 0 Å². The number of halogens is 2. The molecule has 4 aromatic carbocycles. The Morgan fingerprint density at radius 3 is 2.25 bits per heavy atom. The summed E-state index contributed by atoms with van der Waals surface area (Å²) in [4.78, 5) is 29.2. The summed E-state index contributed by atoms with van der Waals surface area (Å²) in [6, 6.07) is 26.6. The van der Waals surface area contributed by atoms with Crippen molar-refractivity contribution in [2.45, 2.75) is 44.2 Å². The average molecular weight is 636 g/mol. The monoisotopic (exact) mass is 635 g/mol. The highest BCUT2D eigenvalue weighted by atomic mass is 35.5. The molecule has 0 spiro atoms. The summed E-state index contributed by atoms with van der Waals surface area (Å²) in [5.74, 6) is -1.65. The van der Waals surface area contributed by atoms with Crippen molar-refractivity contribution >= 4 is 39.1 Å². The van der Waals surface area contributed by atoms with Gasteiger partial charge in [0.15, 0.2) is 0 Å². The number of aryl methyl sites for hydroxylation is 1. The van der Waals surface area contributed by atoms with Crippen molar-refractivity contribution in [2.24, 2.45) is 0 Å². The zero-order valence-electron chi connectivity index (χ0n) is 24.6. The van der Waals surface area contributed by atoms with Crippen molar-refractivity contribution in [1.29, 1.82) is 0 Å². The number of amides is 2. The molecule has 0 saturated heterocycles. The van der Waals surface area contributed by atoms with Crippen LogP contribution in [-0.4, -0.2) is 44.3 Å². The number of nitrogens with one attached hydrogen (secondary N) is 1. The molecule has 1 N–H and O–H groups in total. The van der Waals surface area contributed by atoms with Gasteiger partial charge in [0, 0.05) is 30.1 Å². The van der Waals surface area contributed by atoms with Crippen molar-refractivity contribution in [3.05, 3.63) is 131 Å². The molecule has 0 aromatic heterocycles. The lowest BCUT2D eigenvalue weighted by Gasteiger charge is -2.34. The predicted molar refractivity (Wildman–Crippen MR) is 171 cm³/mol. The second-order valence-corrected chi connectivity index (χ2v) is 12.7. The Bertz CT molecular complexity index is 1680. The first-order chi connectivity index (χ1) is 21.1. The molecule has 4 aromatic rings. The highest BCUT2D eigenvalue weighted by Crippen LogP contribution is 2.27. The van der Waals surface area contributed by atoms with Crippen molar-refractivity contribution in [3.8, 4) is 0 Å². The molecule has 230 valence electrons. The van der Waals surface area contributed by atoms with Gasteiger partial charge in [-0.15, -0.1) is 0 Å². The third-order valence-corrected chi connectivity index (χ3v) is 9.13. The summed E-state index contributed by atoms with van der Waals surface area (Å²) in [5, 5.41) is 3.15. The van der Waals surface area contributed by atoms with Crippen LogP contribution in [0.15, 0.2) is 108 Å². The van der Waals surface area contributed by atoms with Crippen LogP contribution in [0.2, 0.25) is 5.02 Å². The Morgan fingerprint density at radius 2 is 1.59 bits per heavy atom. The highest BCUT2D eigenvalue weighted by molar-refractivity contribution is 7.92. The van der Waals surface area contributed by atoms with Gasteiger partial charge in [0.25, 0.3) is 10.0 Å². The van der Waals surface area contributed by atoms with E-state index in [4.69, 9.17) is 11.6 Å². The molecule has 0 saturated carbocycles. The number of hydrogen-bond donors (Lipinski definition) is 1. The summed E-state index contributed by atoms with van der Waals surface area (Å²) >= 11 is 6.25. The van der Waals surface area contributed by atoms with E-state index in [0.717, 1.165) is 15.4 Å². The minimum atomic E-state index is -4.26. The van der Waals surface area contributed by atoms with E-state index in [9.17, 15) is 22.4 Å². The molecule has 1 atom stereocenters. The van der Waals surface area contributed by atoms with Gasteiger partial charge in [-0.3, -0.25) is 13.9 Å². The van der Waals surface area contributed by atoms with Crippen LogP contribution in [0, 0.1) is 12.7 Å². The standard InChI is InChI=1S/C34H35ClFN3O4S/c1-3-20-37-34(41)32(21-26-10-5-4-6-11-26)38(23-27-12-7-8-15-31(27)36)33(40)24-39(29-14-9-13-28(35)22-29)44(42,43)30-18-16-25(2)17-19-30/h4-19,22,32H,3,20-21,23-24H2,1-2H3,(H,37,41). The second kappa shape index (κ2) is 15.0. The van der Waals surface area contributed by atoms with Gasteiger partial charge >= 0.3 is 0 Å². The fraction of sp³-hybridized carbons (Fsp3) is 0.235. The molecule has 0 aliphatic rings. The number of sulfonamides is 1. The van der Waals surface area contributed by atoms with Gasteiger partial charge in [-0.05, 0) is 55.3 Å². The Hall–Kier alpha value is -4.21. The minimum Gasteiger partial charge on any atom is -0.354 e. The zero-order valence-corrected chi connectivity index (χ0v) is 26.2. The molecule has 0 radical (unpaired) electrons. The van der Waals surface area contributed by atoms with Crippen LogP contribution >= 0.6 is 11.6 Å². The van der Waals surface area contributed by atoms with Gasteiger partial charge in [0.1, 0.15) is 18.4 Å². The molecule has 10 heteroatoms. The van der Waals surface area contributed by atoms with Crippen molar-refractivity contribution in [2.75, 3.05) is 17.4 Å². The molecule has 4 rings (SSSR count). The lowest BCUT2D eigenvalue weighted by molar-refractivity contribution is -0.140. The van der Waals surface area contributed by atoms with Gasteiger partial charge in [-0.2, -0.15) is 0 Å². The Morgan fingerprint density at radius 1 is 0.909 bits per heavy atom. The second-order valence-electron chi connectivity index (χ2n) is 10.4. The maximum atomic E-state index is 15.0. The topological polar surface area (TPSA) is 86.8 Å². The molecule has 0 fully saturated rings. The van der Waals surface area contributed by atoms with Crippen molar-refractivity contribution in [3.63, 3.8) is 0 Å². The molecule has 0 heterocycles. The van der Waals surface area contributed by atoms with E-state index in [1.165, 1.54) is 41.3 Å².